The van der Waals surface area contributed by atoms with Crippen molar-refractivity contribution in [2.24, 2.45) is 17.8 Å². The summed E-state index contributed by atoms with van der Waals surface area (Å²) in [5, 5.41) is 9.55. The predicted molar refractivity (Wildman–Crippen MR) is 65.0 cm³/mol. The van der Waals surface area contributed by atoms with Crippen molar-refractivity contribution in [1.29, 1.82) is 0 Å². The fourth-order valence-corrected chi connectivity index (χ4v) is 3.04. The fraction of sp³-hybridized carbons (Fsp3) is 0.385. The molecule has 1 saturated carbocycles. The van der Waals surface area contributed by atoms with Gasteiger partial charge in [0.25, 0.3) is 0 Å². The zero-order chi connectivity index (χ0) is 12.9. The quantitative estimate of drug-likeness (QED) is 0.904. The van der Waals surface area contributed by atoms with Crippen molar-refractivity contribution in [3.8, 4) is 0 Å². The molecule has 3 atom stereocenters. The number of aliphatic carboxylic acids is 1. The number of carboxylic acids is 1. The van der Waals surface area contributed by atoms with Gasteiger partial charge in [-0.15, -0.1) is 0 Å². The molecular formula is C13H12ClNO3. The molecule has 1 saturated heterocycles. The van der Waals surface area contributed by atoms with Gasteiger partial charge in [0.2, 0.25) is 5.91 Å². The summed E-state index contributed by atoms with van der Waals surface area (Å²) in [6.45, 7) is 1.06. The Morgan fingerprint density at radius 1 is 1.50 bits per heavy atom. The van der Waals surface area contributed by atoms with Gasteiger partial charge in [-0.1, -0.05) is 23.7 Å². The highest BCUT2D eigenvalue weighted by molar-refractivity contribution is 6.30. The molecular weight excluding hydrogens is 254 g/mol. The number of carboxylic acid groups (broad SMARTS) is 1. The van der Waals surface area contributed by atoms with Crippen LogP contribution >= 0.6 is 11.6 Å². The van der Waals surface area contributed by atoms with E-state index in [9.17, 15) is 9.59 Å². The van der Waals surface area contributed by atoms with E-state index in [2.05, 4.69) is 0 Å². The average Bonchev–Trinajstić information content (AvgIpc) is 2.93. The molecule has 4 nitrogen and oxygen atoms in total. The molecule has 1 aromatic rings. The van der Waals surface area contributed by atoms with Gasteiger partial charge in [-0.25, -0.2) is 0 Å². The number of amides is 1. The van der Waals surface area contributed by atoms with Gasteiger partial charge in [-0.05, 0) is 17.7 Å². The van der Waals surface area contributed by atoms with Crippen LogP contribution in [-0.4, -0.2) is 28.4 Å². The van der Waals surface area contributed by atoms with E-state index >= 15 is 0 Å². The lowest BCUT2D eigenvalue weighted by molar-refractivity contribution is -0.143. The van der Waals surface area contributed by atoms with Crippen LogP contribution in [-0.2, 0) is 16.1 Å². The molecule has 2 aliphatic rings. The zero-order valence-electron chi connectivity index (χ0n) is 9.54. The van der Waals surface area contributed by atoms with Crippen molar-refractivity contribution >= 4 is 23.5 Å². The summed E-state index contributed by atoms with van der Waals surface area (Å²) in [5.41, 5.74) is 0.976. The van der Waals surface area contributed by atoms with Crippen LogP contribution in [0, 0.1) is 17.8 Å². The lowest BCUT2D eigenvalue weighted by Crippen LogP contribution is -2.30. The van der Waals surface area contributed by atoms with E-state index in [0.717, 1.165) is 5.56 Å². The second-order valence-corrected chi connectivity index (χ2v) is 5.34. The van der Waals surface area contributed by atoms with Gasteiger partial charge in [-0.2, -0.15) is 0 Å². The first-order valence-electron chi connectivity index (χ1n) is 5.84. The summed E-state index contributed by atoms with van der Waals surface area (Å²) in [4.78, 5) is 24.5. The van der Waals surface area contributed by atoms with Gasteiger partial charge in [0.15, 0.2) is 0 Å². The lowest BCUT2D eigenvalue weighted by atomic mass is 10.2. The van der Waals surface area contributed by atoms with Crippen molar-refractivity contribution in [2.75, 3.05) is 6.54 Å². The number of carbonyl (C=O) groups excluding carboxylic acids is 1. The standard InChI is InChI=1S/C13H12ClNO3/c14-8-3-1-2-7(4-8)5-15-6-9-10(12(15)16)11(9)13(17)18/h1-4,9-11H,5-6H2,(H,17,18). The van der Waals surface area contributed by atoms with E-state index in [4.69, 9.17) is 16.7 Å². The maximum atomic E-state index is 12.0. The molecule has 1 heterocycles. The third-order valence-electron chi connectivity index (χ3n) is 3.74. The highest BCUT2D eigenvalue weighted by Gasteiger charge is 2.64. The van der Waals surface area contributed by atoms with Crippen molar-refractivity contribution in [1.82, 2.24) is 4.90 Å². The van der Waals surface area contributed by atoms with Gasteiger partial charge in [-0.3, -0.25) is 9.59 Å². The number of hydrogen-bond acceptors (Lipinski definition) is 2. The second kappa shape index (κ2) is 3.99. The Bertz CT molecular complexity index is 531. The van der Waals surface area contributed by atoms with E-state index in [0.29, 0.717) is 18.1 Å². The van der Waals surface area contributed by atoms with Gasteiger partial charge >= 0.3 is 5.97 Å². The minimum atomic E-state index is -0.847. The summed E-state index contributed by atoms with van der Waals surface area (Å²) >= 11 is 5.89. The second-order valence-electron chi connectivity index (χ2n) is 4.90. The number of fused-ring (bicyclic) bond motifs is 1. The maximum absolute atomic E-state index is 12.0. The minimum absolute atomic E-state index is 0.00850. The minimum Gasteiger partial charge on any atom is -0.481 e. The van der Waals surface area contributed by atoms with Crippen molar-refractivity contribution < 1.29 is 14.7 Å². The first kappa shape index (κ1) is 11.5. The van der Waals surface area contributed by atoms with Crippen molar-refractivity contribution in [2.45, 2.75) is 6.54 Å². The Kier molecular flexibility index (Phi) is 2.55. The number of piperidine rings is 1. The number of halogens is 1. The summed E-state index contributed by atoms with van der Waals surface area (Å²) in [7, 11) is 0. The average molecular weight is 266 g/mol. The zero-order valence-corrected chi connectivity index (χ0v) is 10.3. The van der Waals surface area contributed by atoms with Crippen molar-refractivity contribution in [3.63, 3.8) is 0 Å². The Labute approximate surface area is 109 Å². The van der Waals surface area contributed by atoms with Crippen LogP contribution in [0.4, 0.5) is 0 Å². The third kappa shape index (κ3) is 1.77. The van der Waals surface area contributed by atoms with E-state index in [-0.39, 0.29) is 17.7 Å². The molecule has 5 heteroatoms. The molecule has 0 radical (unpaired) electrons. The predicted octanol–water partition coefficient (Wildman–Crippen LogP) is 1.63. The van der Waals surface area contributed by atoms with Gasteiger partial charge in [0.1, 0.15) is 0 Å². The summed E-state index contributed by atoms with van der Waals surface area (Å²) < 4.78 is 0. The van der Waals surface area contributed by atoms with Crippen LogP contribution in [0.1, 0.15) is 5.56 Å². The molecule has 1 aliphatic heterocycles. The lowest BCUT2D eigenvalue weighted by Gasteiger charge is -2.19. The van der Waals surface area contributed by atoms with Crippen LogP contribution < -0.4 is 0 Å². The molecule has 94 valence electrons. The fourth-order valence-electron chi connectivity index (χ4n) is 2.83. The number of carbonyl (C=O) groups is 2. The topological polar surface area (TPSA) is 57.6 Å². The molecule has 1 aliphatic carbocycles. The maximum Gasteiger partial charge on any atom is 0.307 e. The molecule has 1 N–H and O–H groups in total. The highest BCUT2D eigenvalue weighted by Crippen LogP contribution is 2.52. The van der Waals surface area contributed by atoms with Gasteiger partial charge in [0, 0.05) is 24.0 Å². The monoisotopic (exact) mass is 265 g/mol. The largest absolute Gasteiger partial charge is 0.481 e. The van der Waals surface area contributed by atoms with E-state index in [1.165, 1.54) is 0 Å². The number of nitrogens with zero attached hydrogens (tertiary/aromatic N) is 1. The van der Waals surface area contributed by atoms with E-state index in [1.807, 2.05) is 18.2 Å². The number of benzene rings is 1. The summed E-state index contributed by atoms with van der Waals surface area (Å²) in [5.74, 6) is -1.61. The molecule has 18 heavy (non-hydrogen) atoms. The van der Waals surface area contributed by atoms with E-state index < -0.39 is 11.9 Å². The molecule has 0 bridgehead atoms. The van der Waals surface area contributed by atoms with Crippen LogP contribution in [0.2, 0.25) is 5.02 Å². The molecule has 3 rings (SSSR count). The molecule has 2 fully saturated rings. The Hall–Kier alpha value is -1.55. The number of rotatable bonds is 3. The van der Waals surface area contributed by atoms with Crippen molar-refractivity contribution in [3.05, 3.63) is 34.9 Å². The van der Waals surface area contributed by atoms with E-state index in [1.54, 1.807) is 11.0 Å². The third-order valence-corrected chi connectivity index (χ3v) is 3.98. The summed E-state index contributed by atoms with van der Waals surface area (Å²) in [6.07, 6.45) is 0. The normalized spacial score (nSPS) is 29.3. The SMILES string of the molecule is O=C(O)C1C2CN(Cc3cccc(Cl)c3)C(=O)C21. The molecule has 0 aromatic heterocycles. The van der Waals surface area contributed by atoms with Gasteiger partial charge < -0.3 is 10.0 Å². The van der Waals surface area contributed by atoms with Gasteiger partial charge in [0.05, 0.1) is 11.8 Å². The smallest absolute Gasteiger partial charge is 0.307 e. The first-order chi connectivity index (χ1) is 8.58. The van der Waals surface area contributed by atoms with Crippen LogP contribution in [0.3, 0.4) is 0 Å². The summed E-state index contributed by atoms with van der Waals surface area (Å²) in [6, 6.07) is 7.37. The van der Waals surface area contributed by atoms with Crippen LogP contribution in [0.5, 0.6) is 0 Å². The Balaban J connectivity index is 1.68. The first-order valence-corrected chi connectivity index (χ1v) is 6.22. The number of hydrogen-bond donors (Lipinski definition) is 1. The Morgan fingerprint density at radius 2 is 2.28 bits per heavy atom. The molecule has 3 unspecified atom stereocenters. The van der Waals surface area contributed by atoms with Crippen LogP contribution in [0.15, 0.2) is 24.3 Å². The van der Waals surface area contributed by atoms with Crippen LogP contribution in [0.25, 0.3) is 0 Å². The molecule has 1 aromatic carbocycles. The highest BCUT2D eigenvalue weighted by atomic mass is 35.5. The molecule has 0 spiro atoms. The number of likely N-dealkylation sites (tertiary alicyclic amines) is 1. The Morgan fingerprint density at radius 3 is 2.83 bits per heavy atom. The molecule has 1 amide bonds.